The topological polar surface area (TPSA) is 111 Å². The van der Waals surface area contributed by atoms with Crippen LogP contribution < -0.4 is 11.4 Å². The number of ketones is 1. The van der Waals surface area contributed by atoms with Crippen molar-refractivity contribution in [3.63, 3.8) is 0 Å². The van der Waals surface area contributed by atoms with Crippen LogP contribution in [0.4, 0.5) is 5.82 Å². The molecule has 1 aromatic heterocycles. The van der Waals surface area contributed by atoms with Crippen LogP contribution in [0.2, 0.25) is 0 Å². The van der Waals surface area contributed by atoms with Crippen molar-refractivity contribution in [2.75, 3.05) is 12.3 Å². The number of aromatic nitrogens is 2. The SMILES string of the molecule is CC(C)N(CC(=O)[C@H]1O[C@@H](n2ccc(N)nc2=O)C[C@@H]1O)C(C)C. The zero-order valence-electron chi connectivity index (χ0n) is 14.5. The van der Waals surface area contributed by atoms with Gasteiger partial charge in [-0.25, -0.2) is 4.79 Å². The van der Waals surface area contributed by atoms with E-state index in [0.29, 0.717) is 0 Å². The second-order valence-electron chi connectivity index (χ2n) is 6.68. The molecule has 2 rings (SSSR count). The molecule has 0 saturated carbocycles. The van der Waals surface area contributed by atoms with Crippen LogP contribution in [0.5, 0.6) is 0 Å². The summed E-state index contributed by atoms with van der Waals surface area (Å²) in [6, 6.07) is 1.88. The Morgan fingerprint density at radius 2 is 2.08 bits per heavy atom. The number of aliphatic hydroxyl groups is 1. The predicted molar refractivity (Wildman–Crippen MR) is 89.4 cm³/mol. The molecule has 24 heavy (non-hydrogen) atoms. The van der Waals surface area contributed by atoms with E-state index in [0.717, 1.165) is 0 Å². The zero-order valence-corrected chi connectivity index (χ0v) is 14.5. The molecule has 1 fully saturated rings. The molecule has 1 aliphatic heterocycles. The Kier molecular flexibility index (Phi) is 5.74. The summed E-state index contributed by atoms with van der Waals surface area (Å²) < 4.78 is 6.90. The van der Waals surface area contributed by atoms with Crippen molar-refractivity contribution in [2.45, 2.75) is 64.6 Å². The van der Waals surface area contributed by atoms with Crippen LogP contribution in [0.1, 0.15) is 40.3 Å². The van der Waals surface area contributed by atoms with Gasteiger partial charge in [-0.1, -0.05) is 0 Å². The first-order valence-electron chi connectivity index (χ1n) is 8.17. The van der Waals surface area contributed by atoms with Gasteiger partial charge >= 0.3 is 5.69 Å². The van der Waals surface area contributed by atoms with Crippen LogP contribution >= 0.6 is 0 Å². The molecule has 8 heteroatoms. The standard InChI is InChI=1S/C16H26N4O4/c1-9(2)20(10(3)4)8-12(22)15-11(21)7-14(24-15)19-6-5-13(17)18-16(19)23/h5-6,9-11,14-15,21H,7-8H2,1-4H3,(H2,17,18,23)/t11-,14+,15-/m0/s1. The molecule has 3 N–H and O–H groups in total. The van der Waals surface area contributed by atoms with Crippen LogP contribution in [0.25, 0.3) is 0 Å². The highest BCUT2D eigenvalue weighted by molar-refractivity contribution is 5.86. The van der Waals surface area contributed by atoms with Crippen molar-refractivity contribution in [2.24, 2.45) is 0 Å². The van der Waals surface area contributed by atoms with Crippen molar-refractivity contribution in [1.82, 2.24) is 14.5 Å². The minimum atomic E-state index is -0.951. The molecule has 134 valence electrons. The van der Waals surface area contributed by atoms with Crippen LogP contribution in [0.3, 0.4) is 0 Å². The summed E-state index contributed by atoms with van der Waals surface area (Å²) in [5.41, 5.74) is 4.90. The molecular weight excluding hydrogens is 312 g/mol. The number of carbonyl (C=O) groups excluding carboxylic acids is 1. The number of nitrogens with two attached hydrogens (primary N) is 1. The third-order valence-corrected chi connectivity index (χ3v) is 4.24. The van der Waals surface area contributed by atoms with Gasteiger partial charge < -0.3 is 15.6 Å². The van der Waals surface area contributed by atoms with E-state index >= 15 is 0 Å². The quantitative estimate of drug-likeness (QED) is 0.760. The Morgan fingerprint density at radius 1 is 1.46 bits per heavy atom. The second-order valence-corrected chi connectivity index (χ2v) is 6.68. The van der Waals surface area contributed by atoms with E-state index in [1.54, 1.807) is 0 Å². The normalized spacial score (nSPS) is 24.2. The summed E-state index contributed by atoms with van der Waals surface area (Å²) in [5.74, 6) is -0.0733. The molecule has 1 aliphatic rings. The Bertz CT molecular complexity index is 635. The van der Waals surface area contributed by atoms with Crippen LogP contribution in [-0.2, 0) is 9.53 Å². The van der Waals surface area contributed by atoms with Gasteiger partial charge in [0.25, 0.3) is 0 Å². The van der Waals surface area contributed by atoms with Gasteiger partial charge in [0.15, 0.2) is 5.78 Å². The van der Waals surface area contributed by atoms with Crippen LogP contribution in [0.15, 0.2) is 17.1 Å². The van der Waals surface area contributed by atoms with Gasteiger partial charge in [-0.3, -0.25) is 14.3 Å². The van der Waals surface area contributed by atoms with E-state index in [1.165, 1.54) is 16.8 Å². The number of nitrogen functional groups attached to an aromatic ring is 1. The Morgan fingerprint density at radius 3 is 2.62 bits per heavy atom. The molecule has 0 aliphatic carbocycles. The number of hydrogen-bond acceptors (Lipinski definition) is 7. The number of aliphatic hydroxyl groups excluding tert-OH is 1. The molecule has 1 aromatic rings. The van der Waals surface area contributed by atoms with Crippen molar-refractivity contribution in [1.29, 1.82) is 0 Å². The van der Waals surface area contributed by atoms with Gasteiger partial charge in [-0.15, -0.1) is 0 Å². The van der Waals surface area contributed by atoms with E-state index in [9.17, 15) is 14.7 Å². The lowest BCUT2D eigenvalue weighted by atomic mass is 10.1. The molecule has 0 aromatic carbocycles. The Hall–Kier alpha value is -1.77. The number of Topliss-reactive ketones (excluding diaryl/α,β-unsaturated/α-hetero) is 1. The van der Waals surface area contributed by atoms with Crippen LogP contribution in [0, 0.1) is 0 Å². The number of nitrogens with zero attached hydrogens (tertiary/aromatic N) is 3. The molecular formula is C16H26N4O4. The van der Waals surface area contributed by atoms with Crippen LogP contribution in [-0.4, -0.2) is 56.2 Å². The monoisotopic (exact) mass is 338 g/mol. The van der Waals surface area contributed by atoms with E-state index in [1.807, 2.05) is 32.6 Å². The lowest BCUT2D eigenvalue weighted by Gasteiger charge is -2.30. The summed E-state index contributed by atoms with van der Waals surface area (Å²) in [5, 5.41) is 10.2. The number of rotatable bonds is 6. The fraction of sp³-hybridized carbons (Fsp3) is 0.688. The van der Waals surface area contributed by atoms with Crippen molar-refractivity contribution < 1.29 is 14.6 Å². The van der Waals surface area contributed by atoms with E-state index in [2.05, 4.69) is 4.98 Å². The third-order valence-electron chi connectivity index (χ3n) is 4.24. The maximum absolute atomic E-state index is 12.5. The fourth-order valence-corrected chi connectivity index (χ4v) is 2.99. The lowest BCUT2D eigenvalue weighted by molar-refractivity contribution is -0.137. The lowest BCUT2D eigenvalue weighted by Crippen LogP contribution is -2.45. The van der Waals surface area contributed by atoms with Gasteiger partial charge in [-0.2, -0.15) is 4.98 Å². The minimum Gasteiger partial charge on any atom is -0.390 e. The molecule has 8 nitrogen and oxygen atoms in total. The molecule has 3 atom stereocenters. The van der Waals surface area contributed by atoms with E-state index < -0.39 is 24.1 Å². The summed E-state index contributed by atoms with van der Waals surface area (Å²) in [6.45, 7) is 8.26. The molecule has 0 radical (unpaired) electrons. The van der Waals surface area contributed by atoms with Crippen molar-refractivity contribution in [3.8, 4) is 0 Å². The number of anilines is 1. The second kappa shape index (κ2) is 7.42. The number of carbonyl (C=O) groups is 1. The summed E-state index contributed by atoms with van der Waals surface area (Å²) in [6.07, 6.45) is -0.997. The molecule has 0 spiro atoms. The summed E-state index contributed by atoms with van der Waals surface area (Å²) in [7, 11) is 0. The largest absolute Gasteiger partial charge is 0.390 e. The van der Waals surface area contributed by atoms with Gasteiger partial charge in [0.1, 0.15) is 18.1 Å². The zero-order chi connectivity index (χ0) is 18.0. The molecule has 0 amide bonds. The molecule has 0 unspecified atom stereocenters. The number of ether oxygens (including phenoxy) is 1. The van der Waals surface area contributed by atoms with Crippen molar-refractivity contribution >= 4 is 11.6 Å². The average molecular weight is 338 g/mol. The van der Waals surface area contributed by atoms with Gasteiger partial charge in [-0.05, 0) is 33.8 Å². The third kappa shape index (κ3) is 4.00. The Labute approximate surface area is 141 Å². The first kappa shape index (κ1) is 18.6. The first-order valence-corrected chi connectivity index (χ1v) is 8.17. The minimum absolute atomic E-state index is 0.118. The molecule has 0 bridgehead atoms. The summed E-state index contributed by atoms with van der Waals surface area (Å²) >= 11 is 0. The maximum Gasteiger partial charge on any atom is 0.351 e. The van der Waals surface area contributed by atoms with Gasteiger partial charge in [0.2, 0.25) is 0 Å². The van der Waals surface area contributed by atoms with Gasteiger partial charge in [0.05, 0.1) is 12.6 Å². The first-order chi connectivity index (χ1) is 11.2. The molecule has 1 saturated heterocycles. The fourth-order valence-electron chi connectivity index (χ4n) is 2.99. The Balaban J connectivity index is 2.10. The smallest absolute Gasteiger partial charge is 0.351 e. The molecule has 2 heterocycles. The predicted octanol–water partition coefficient (Wildman–Crippen LogP) is 0.162. The highest BCUT2D eigenvalue weighted by Crippen LogP contribution is 2.28. The maximum atomic E-state index is 12.5. The van der Waals surface area contributed by atoms with E-state index in [-0.39, 0.29) is 36.7 Å². The van der Waals surface area contributed by atoms with Crippen molar-refractivity contribution in [3.05, 3.63) is 22.7 Å². The van der Waals surface area contributed by atoms with E-state index in [4.69, 9.17) is 10.5 Å². The highest BCUT2D eigenvalue weighted by Gasteiger charge is 2.40. The average Bonchev–Trinajstić information content (AvgIpc) is 2.85. The number of hydrogen-bond donors (Lipinski definition) is 2. The van der Waals surface area contributed by atoms with Gasteiger partial charge in [0, 0.05) is 24.7 Å². The highest BCUT2D eigenvalue weighted by atomic mass is 16.5. The summed E-state index contributed by atoms with van der Waals surface area (Å²) in [4.78, 5) is 30.1.